The Morgan fingerprint density at radius 3 is 1.96 bits per heavy atom. The van der Waals surface area contributed by atoms with Gasteiger partial charge in [-0.15, -0.1) is 0 Å². The van der Waals surface area contributed by atoms with Crippen LogP contribution in [0.2, 0.25) is 0 Å². The molecule has 8 heteroatoms. The van der Waals surface area contributed by atoms with Gasteiger partial charge in [0.1, 0.15) is 6.10 Å². The molecular weight excluding hydrogens is 346 g/mol. The summed E-state index contributed by atoms with van der Waals surface area (Å²) < 4.78 is 37.3. The first-order valence-electron chi connectivity index (χ1n) is 8.59. The van der Waals surface area contributed by atoms with Gasteiger partial charge in [0.15, 0.2) is 0 Å². The lowest BCUT2D eigenvalue weighted by atomic mass is 9.90. The summed E-state index contributed by atoms with van der Waals surface area (Å²) in [6.07, 6.45) is -0.396. The second-order valence-corrected chi connectivity index (χ2v) is 10.5. The van der Waals surface area contributed by atoms with Crippen molar-refractivity contribution >= 4 is 10.0 Å². The fraction of sp³-hybridized carbons (Fsp3) is 1.00. The maximum atomic E-state index is 12.2. The largest absolute Gasteiger partial charge is 0.394 e. The highest BCUT2D eigenvalue weighted by Gasteiger charge is 2.34. The van der Waals surface area contributed by atoms with Crippen molar-refractivity contribution in [3.05, 3.63) is 0 Å². The van der Waals surface area contributed by atoms with E-state index in [2.05, 4.69) is 0 Å². The van der Waals surface area contributed by atoms with E-state index in [-0.39, 0.29) is 37.9 Å². The molecule has 0 radical (unpaired) electrons. The van der Waals surface area contributed by atoms with E-state index in [1.54, 1.807) is 0 Å². The fourth-order valence-corrected chi connectivity index (χ4v) is 3.54. The minimum Gasteiger partial charge on any atom is -0.394 e. The summed E-state index contributed by atoms with van der Waals surface area (Å²) in [5.41, 5.74) is -0.703. The normalized spacial score (nSPS) is 17.6. The molecule has 0 aromatic carbocycles. The molecule has 0 unspecified atom stereocenters. The number of rotatable bonds is 10. The fourth-order valence-electron chi connectivity index (χ4n) is 2.11. The lowest BCUT2D eigenvalue weighted by Gasteiger charge is -2.38. The average Bonchev–Trinajstić information content (AvgIpc) is 2.40. The van der Waals surface area contributed by atoms with E-state index in [1.165, 1.54) is 10.6 Å². The van der Waals surface area contributed by atoms with Crippen molar-refractivity contribution in [1.29, 1.82) is 0 Å². The van der Waals surface area contributed by atoms with E-state index in [4.69, 9.17) is 14.6 Å². The van der Waals surface area contributed by atoms with E-state index in [9.17, 15) is 13.5 Å². The van der Waals surface area contributed by atoms with Gasteiger partial charge >= 0.3 is 0 Å². The maximum Gasteiger partial charge on any atom is 0.211 e. The number of hydrogen-bond donors (Lipinski definition) is 2. The van der Waals surface area contributed by atoms with Crippen molar-refractivity contribution < 1.29 is 28.1 Å². The van der Waals surface area contributed by atoms with E-state index in [0.29, 0.717) is 0 Å². The monoisotopic (exact) mass is 383 g/mol. The Morgan fingerprint density at radius 2 is 1.60 bits per heavy atom. The Bertz CT molecular complexity index is 480. The molecule has 0 aromatic rings. The van der Waals surface area contributed by atoms with Gasteiger partial charge in [-0.2, -0.15) is 4.31 Å². The van der Waals surface area contributed by atoms with Gasteiger partial charge in [-0.3, -0.25) is 0 Å². The molecule has 0 rings (SSSR count). The maximum absolute atomic E-state index is 12.2. The molecule has 152 valence electrons. The summed E-state index contributed by atoms with van der Waals surface area (Å²) in [6.45, 7) is 13.4. The van der Waals surface area contributed by atoms with Crippen molar-refractivity contribution in [2.45, 2.75) is 72.3 Å². The molecule has 0 aliphatic rings. The molecule has 2 N–H and O–H groups in total. The van der Waals surface area contributed by atoms with Crippen LogP contribution in [-0.2, 0) is 19.5 Å². The Balaban J connectivity index is 5.21. The highest BCUT2D eigenvalue weighted by atomic mass is 32.2. The van der Waals surface area contributed by atoms with E-state index in [1.807, 2.05) is 48.5 Å². The van der Waals surface area contributed by atoms with Gasteiger partial charge < -0.3 is 19.7 Å². The first kappa shape index (κ1) is 24.8. The van der Waals surface area contributed by atoms with Crippen LogP contribution < -0.4 is 0 Å². The zero-order valence-electron chi connectivity index (χ0n) is 16.9. The van der Waals surface area contributed by atoms with Crippen LogP contribution in [0.5, 0.6) is 0 Å². The summed E-state index contributed by atoms with van der Waals surface area (Å²) in [5.74, 6) is 0. The Kier molecular flexibility index (Phi) is 9.52. The molecule has 0 aliphatic carbocycles. The highest BCUT2D eigenvalue weighted by molar-refractivity contribution is 7.88. The molecule has 7 nitrogen and oxygen atoms in total. The molecule has 0 bridgehead atoms. The van der Waals surface area contributed by atoms with Gasteiger partial charge in [0.2, 0.25) is 10.0 Å². The molecule has 0 saturated heterocycles. The lowest BCUT2D eigenvalue weighted by Crippen LogP contribution is -2.51. The van der Waals surface area contributed by atoms with Crippen LogP contribution in [0.25, 0.3) is 0 Å². The Labute approximate surface area is 153 Å². The second-order valence-electron chi connectivity index (χ2n) is 8.61. The molecule has 0 spiro atoms. The number of nitrogens with zero attached hydrogens (tertiary/aromatic N) is 1. The van der Waals surface area contributed by atoms with Crippen molar-refractivity contribution in [3.63, 3.8) is 0 Å². The standard InChI is InChI=1S/C17H37NO6S/c1-13(16(2,3)4)24-15(12-23-11-14(20)10-19)9-18(17(5,6)7)25(8,21)22/h13-15,19-20H,9-12H2,1-8H3/t13-,14+,15-/m0/s1. The molecule has 0 aromatic heterocycles. The van der Waals surface area contributed by atoms with Crippen molar-refractivity contribution in [2.75, 3.05) is 32.6 Å². The number of sulfonamides is 1. The molecule has 25 heavy (non-hydrogen) atoms. The summed E-state index contributed by atoms with van der Waals surface area (Å²) >= 11 is 0. The topological polar surface area (TPSA) is 96.3 Å². The molecule has 0 saturated carbocycles. The van der Waals surface area contributed by atoms with Gasteiger partial charge in [-0.25, -0.2) is 8.42 Å². The van der Waals surface area contributed by atoms with Crippen LogP contribution in [0.15, 0.2) is 0 Å². The third-order valence-corrected chi connectivity index (χ3v) is 5.46. The predicted octanol–water partition coefficient (Wildman–Crippen LogP) is 1.24. The minimum absolute atomic E-state index is 0.0331. The quantitative estimate of drug-likeness (QED) is 0.589. The lowest BCUT2D eigenvalue weighted by molar-refractivity contribution is -0.104. The third-order valence-electron chi connectivity index (χ3n) is 3.96. The van der Waals surface area contributed by atoms with Crippen LogP contribution in [-0.4, -0.2) is 79.4 Å². The number of hydrogen-bond acceptors (Lipinski definition) is 6. The summed E-state index contributed by atoms with van der Waals surface area (Å²) in [7, 11) is -3.43. The van der Waals surface area contributed by atoms with Crippen molar-refractivity contribution in [3.8, 4) is 0 Å². The van der Waals surface area contributed by atoms with Crippen molar-refractivity contribution in [1.82, 2.24) is 4.31 Å². The summed E-state index contributed by atoms with van der Waals surface area (Å²) in [5, 5.41) is 18.3. The Morgan fingerprint density at radius 1 is 1.08 bits per heavy atom. The van der Waals surface area contributed by atoms with Gasteiger partial charge in [0, 0.05) is 12.1 Å². The minimum atomic E-state index is -3.43. The van der Waals surface area contributed by atoms with Gasteiger partial charge in [0.25, 0.3) is 0 Å². The van der Waals surface area contributed by atoms with Gasteiger partial charge in [0.05, 0.1) is 38.3 Å². The van der Waals surface area contributed by atoms with Crippen LogP contribution in [0.3, 0.4) is 0 Å². The molecule has 0 amide bonds. The third kappa shape index (κ3) is 9.86. The number of aliphatic hydroxyl groups excluding tert-OH is 2. The summed E-state index contributed by atoms with van der Waals surface area (Å²) in [6, 6.07) is 0. The first-order chi connectivity index (χ1) is 11.1. The first-order valence-corrected chi connectivity index (χ1v) is 10.4. The molecular formula is C17H37NO6S. The van der Waals surface area contributed by atoms with Crippen molar-refractivity contribution in [2.24, 2.45) is 5.41 Å². The van der Waals surface area contributed by atoms with E-state index < -0.39 is 27.8 Å². The molecule has 0 fully saturated rings. The van der Waals surface area contributed by atoms with E-state index >= 15 is 0 Å². The van der Waals surface area contributed by atoms with Crippen LogP contribution in [0.4, 0.5) is 0 Å². The second kappa shape index (κ2) is 9.62. The SMILES string of the molecule is C[C@H](O[C@H](COC[C@H](O)CO)CN(C(C)(C)C)S(C)(=O)=O)C(C)(C)C. The highest BCUT2D eigenvalue weighted by Crippen LogP contribution is 2.25. The molecule has 0 aliphatic heterocycles. The average molecular weight is 384 g/mol. The Hall–Kier alpha value is -0.250. The number of aliphatic hydroxyl groups is 2. The zero-order valence-corrected chi connectivity index (χ0v) is 17.8. The summed E-state index contributed by atoms with van der Waals surface area (Å²) in [4.78, 5) is 0. The molecule has 3 atom stereocenters. The zero-order chi connectivity index (χ0) is 20.1. The molecule has 0 heterocycles. The van der Waals surface area contributed by atoms with Crippen LogP contribution in [0.1, 0.15) is 48.5 Å². The smallest absolute Gasteiger partial charge is 0.211 e. The van der Waals surface area contributed by atoms with Crippen LogP contribution >= 0.6 is 0 Å². The van der Waals surface area contributed by atoms with Gasteiger partial charge in [-0.1, -0.05) is 20.8 Å². The van der Waals surface area contributed by atoms with Crippen LogP contribution in [0, 0.1) is 5.41 Å². The predicted molar refractivity (Wildman–Crippen MR) is 99.0 cm³/mol. The van der Waals surface area contributed by atoms with E-state index in [0.717, 1.165) is 0 Å². The number of ether oxygens (including phenoxy) is 2. The van der Waals surface area contributed by atoms with Gasteiger partial charge in [-0.05, 0) is 33.1 Å².